The summed E-state index contributed by atoms with van der Waals surface area (Å²) in [5.41, 5.74) is 7.26. The molecule has 2 aliphatic heterocycles. The van der Waals surface area contributed by atoms with Crippen LogP contribution in [0.3, 0.4) is 0 Å². The maximum atomic E-state index is 13.2. The Kier molecular flexibility index (Phi) is 5.45. The third-order valence-electron chi connectivity index (χ3n) is 6.35. The Morgan fingerprint density at radius 2 is 2.03 bits per heavy atom. The number of fused-ring (bicyclic) bond motifs is 6. The van der Waals surface area contributed by atoms with Crippen LogP contribution < -0.4 is 16.0 Å². The van der Waals surface area contributed by atoms with Crippen molar-refractivity contribution in [2.45, 2.75) is 63.6 Å². The first-order valence-corrected chi connectivity index (χ1v) is 11.1. The Morgan fingerprint density at radius 1 is 1.26 bits per heavy atom. The van der Waals surface area contributed by atoms with E-state index in [-0.39, 0.29) is 30.4 Å². The second-order valence-corrected chi connectivity index (χ2v) is 9.92. The number of nitrogens with zero attached hydrogens (tertiary/aromatic N) is 2. The molecule has 2 fully saturated rings. The highest BCUT2D eigenvalue weighted by molar-refractivity contribution is 6.04. The highest BCUT2D eigenvalue weighted by atomic mass is 16.6. The van der Waals surface area contributed by atoms with E-state index in [0.717, 1.165) is 31.2 Å². The molecule has 2 unspecified atom stereocenters. The van der Waals surface area contributed by atoms with Gasteiger partial charge in [0, 0.05) is 17.8 Å². The zero-order valence-electron chi connectivity index (χ0n) is 18.5. The van der Waals surface area contributed by atoms with E-state index in [4.69, 9.17) is 10.5 Å². The highest BCUT2D eigenvalue weighted by Gasteiger charge is 2.51. The zero-order valence-corrected chi connectivity index (χ0v) is 18.5. The smallest absolute Gasteiger partial charge is 0.410 e. The molecule has 0 aromatic heterocycles. The van der Waals surface area contributed by atoms with Crippen LogP contribution in [0.25, 0.3) is 0 Å². The number of amides is 3. The fraction of sp³-hybridized carbons (Fsp3) is 0.609. The number of nitrogens with one attached hydrogen (secondary N) is 1. The van der Waals surface area contributed by atoms with Gasteiger partial charge < -0.3 is 15.8 Å². The average molecular weight is 429 g/mol. The Bertz CT molecular complexity index is 896. The third-order valence-corrected chi connectivity index (χ3v) is 6.35. The number of rotatable bonds is 0. The Morgan fingerprint density at radius 3 is 2.77 bits per heavy atom. The first kappa shape index (κ1) is 21.6. The minimum absolute atomic E-state index is 0.0765. The van der Waals surface area contributed by atoms with Crippen LogP contribution in [0, 0.1) is 5.92 Å². The van der Waals surface area contributed by atoms with Crippen molar-refractivity contribution in [1.82, 2.24) is 10.2 Å². The van der Waals surface area contributed by atoms with E-state index in [9.17, 15) is 14.4 Å². The van der Waals surface area contributed by atoms with Gasteiger partial charge in [-0.1, -0.05) is 18.6 Å². The number of carbonyl (C=O) groups is 3. The van der Waals surface area contributed by atoms with Crippen molar-refractivity contribution in [2.75, 3.05) is 24.5 Å². The molecule has 1 saturated heterocycles. The Labute approximate surface area is 183 Å². The van der Waals surface area contributed by atoms with Gasteiger partial charge in [-0.05, 0) is 63.6 Å². The van der Waals surface area contributed by atoms with E-state index in [1.807, 2.05) is 24.3 Å². The van der Waals surface area contributed by atoms with Gasteiger partial charge >= 0.3 is 6.09 Å². The summed E-state index contributed by atoms with van der Waals surface area (Å²) >= 11 is 0. The molecule has 8 nitrogen and oxygen atoms in total. The van der Waals surface area contributed by atoms with Crippen molar-refractivity contribution in [3.63, 3.8) is 0 Å². The third kappa shape index (κ3) is 4.39. The summed E-state index contributed by atoms with van der Waals surface area (Å²) < 4.78 is 5.44. The van der Waals surface area contributed by atoms with E-state index in [1.165, 1.54) is 9.80 Å². The lowest BCUT2D eigenvalue weighted by molar-refractivity contribution is -0.130. The van der Waals surface area contributed by atoms with Crippen LogP contribution in [0.2, 0.25) is 0 Å². The minimum atomic E-state index is -0.825. The maximum absolute atomic E-state index is 13.2. The molecule has 0 radical (unpaired) electrons. The first-order chi connectivity index (χ1) is 14.6. The summed E-state index contributed by atoms with van der Waals surface area (Å²) in [6.45, 7) is 5.79. The van der Waals surface area contributed by atoms with Crippen LogP contribution >= 0.6 is 0 Å². The van der Waals surface area contributed by atoms with Crippen LogP contribution in [-0.4, -0.2) is 54.1 Å². The normalized spacial score (nSPS) is 28.9. The van der Waals surface area contributed by atoms with E-state index in [2.05, 4.69) is 5.32 Å². The summed E-state index contributed by atoms with van der Waals surface area (Å²) in [7, 11) is 0. The monoisotopic (exact) mass is 428 g/mol. The Hall–Kier alpha value is -2.61. The minimum Gasteiger partial charge on any atom is -0.444 e. The molecule has 0 spiro atoms. The second-order valence-electron chi connectivity index (χ2n) is 9.92. The van der Waals surface area contributed by atoms with Gasteiger partial charge in [-0.2, -0.15) is 0 Å². The standard InChI is InChI=1S/C23H32N4O4/c1-22(2,3)31-21(30)26-13-18-20(29)25-10-5-4-7-16-12-23(16,24)15-8-6-9-17(11-15)27(18)19(28)14-26/h6,8-9,11,16,18H,4-5,7,10,12-14,24H2,1-3H3,(H,25,29)/t16?,18-,23?/m1/s1. The van der Waals surface area contributed by atoms with Crippen LogP contribution in [0.15, 0.2) is 24.3 Å². The number of nitrogens with two attached hydrogens (primary N) is 1. The van der Waals surface area contributed by atoms with Crippen LogP contribution in [-0.2, 0) is 19.9 Å². The SMILES string of the molecule is CC(C)(C)OC(=O)N1CC(=O)N2c3cccc(c3)C3(N)CC3CCCCNC(=O)[C@H]2C1. The van der Waals surface area contributed by atoms with Crippen LogP contribution in [0.5, 0.6) is 0 Å². The molecule has 3 atom stereocenters. The topological polar surface area (TPSA) is 105 Å². The molecule has 31 heavy (non-hydrogen) atoms. The molecule has 1 aromatic rings. The number of anilines is 1. The van der Waals surface area contributed by atoms with E-state index >= 15 is 0 Å². The maximum Gasteiger partial charge on any atom is 0.410 e. The predicted octanol–water partition coefficient (Wildman–Crippen LogP) is 2.11. The molecule has 3 N–H and O–H groups in total. The quantitative estimate of drug-likeness (QED) is 0.659. The molecule has 168 valence electrons. The van der Waals surface area contributed by atoms with Crippen LogP contribution in [0.1, 0.15) is 52.0 Å². The second kappa shape index (κ2) is 7.82. The lowest BCUT2D eigenvalue weighted by atomic mass is 9.99. The summed E-state index contributed by atoms with van der Waals surface area (Å²) in [6.07, 6.45) is 3.21. The number of hydrogen-bond donors (Lipinski definition) is 2. The largest absolute Gasteiger partial charge is 0.444 e. The lowest BCUT2D eigenvalue weighted by Gasteiger charge is -2.40. The highest BCUT2D eigenvalue weighted by Crippen LogP contribution is 2.52. The van der Waals surface area contributed by atoms with Crippen molar-refractivity contribution >= 4 is 23.6 Å². The number of piperazine rings is 1. The van der Waals surface area contributed by atoms with E-state index in [1.54, 1.807) is 20.8 Å². The fourth-order valence-corrected chi connectivity index (χ4v) is 4.61. The zero-order chi connectivity index (χ0) is 22.4. The summed E-state index contributed by atoms with van der Waals surface area (Å²) in [5.74, 6) is -0.156. The van der Waals surface area contributed by atoms with Gasteiger partial charge in [-0.25, -0.2) is 4.79 Å². The predicted molar refractivity (Wildman–Crippen MR) is 116 cm³/mol. The molecule has 8 heteroatoms. The van der Waals surface area contributed by atoms with E-state index < -0.39 is 17.7 Å². The molecule has 2 heterocycles. The van der Waals surface area contributed by atoms with Crippen molar-refractivity contribution in [2.24, 2.45) is 11.7 Å². The van der Waals surface area contributed by atoms with Gasteiger partial charge in [-0.15, -0.1) is 0 Å². The first-order valence-electron chi connectivity index (χ1n) is 11.1. The van der Waals surface area contributed by atoms with Crippen molar-refractivity contribution in [3.05, 3.63) is 29.8 Å². The molecule has 4 rings (SSSR count). The molecular weight excluding hydrogens is 396 g/mol. The fourth-order valence-electron chi connectivity index (χ4n) is 4.61. The van der Waals surface area contributed by atoms with Gasteiger partial charge in [0.05, 0.1) is 6.54 Å². The van der Waals surface area contributed by atoms with Gasteiger partial charge in [0.1, 0.15) is 18.2 Å². The molecular formula is C23H32N4O4. The molecule has 1 aromatic carbocycles. The average Bonchev–Trinajstić information content (AvgIpc) is 3.36. The number of hydrogen-bond acceptors (Lipinski definition) is 5. The van der Waals surface area contributed by atoms with Crippen LogP contribution in [0.4, 0.5) is 10.5 Å². The van der Waals surface area contributed by atoms with E-state index in [0.29, 0.717) is 18.2 Å². The summed E-state index contributed by atoms with van der Waals surface area (Å²) in [5, 5.41) is 2.95. The molecule has 1 saturated carbocycles. The number of benzene rings is 1. The number of ether oxygens (including phenoxy) is 1. The van der Waals surface area contributed by atoms with Gasteiger partial charge in [-0.3, -0.25) is 19.4 Å². The summed E-state index contributed by atoms with van der Waals surface area (Å²) in [6, 6.07) is 6.81. The molecule has 3 aliphatic rings. The van der Waals surface area contributed by atoms with Gasteiger partial charge in [0.15, 0.2) is 0 Å². The van der Waals surface area contributed by atoms with Crippen molar-refractivity contribution in [1.29, 1.82) is 0 Å². The van der Waals surface area contributed by atoms with Gasteiger partial charge in [0.2, 0.25) is 11.8 Å². The summed E-state index contributed by atoms with van der Waals surface area (Å²) in [4.78, 5) is 41.7. The van der Waals surface area contributed by atoms with Crippen molar-refractivity contribution < 1.29 is 19.1 Å². The van der Waals surface area contributed by atoms with Gasteiger partial charge in [0.25, 0.3) is 0 Å². The Balaban J connectivity index is 1.66. The number of carbonyl (C=O) groups excluding carboxylic acids is 3. The lowest BCUT2D eigenvalue weighted by Crippen LogP contribution is -2.63. The molecule has 2 bridgehead atoms. The molecule has 1 aliphatic carbocycles. The van der Waals surface area contributed by atoms with Crippen molar-refractivity contribution in [3.8, 4) is 0 Å². The molecule has 3 amide bonds.